The molecule has 7 heteroatoms. The van der Waals surface area contributed by atoms with Gasteiger partial charge in [0.2, 0.25) is 0 Å². The van der Waals surface area contributed by atoms with Crippen LogP contribution in [0.25, 0.3) is 0 Å². The van der Waals surface area contributed by atoms with Crippen molar-refractivity contribution >= 4 is 5.97 Å². The highest BCUT2D eigenvalue weighted by Gasteiger charge is 2.23. The standard InChI is InChI=1S/C17H31N5O2/c1-3-12(2)17(18)15-11-22(21-20-15)14(4-5-16(23)24)10-13-6-8-19-9-7-13/h11-14,17,19H,3-10,18H2,1-2H3,(H,23,24)/t12-,14?,17-/m0/s1. The van der Waals surface area contributed by atoms with Gasteiger partial charge in [-0.15, -0.1) is 5.10 Å². The predicted octanol–water partition coefficient (Wildman–Crippen LogP) is 2.12. The zero-order valence-electron chi connectivity index (χ0n) is 14.8. The molecule has 0 radical (unpaired) electrons. The average molecular weight is 337 g/mol. The second kappa shape index (κ2) is 9.13. The fraction of sp³-hybridized carbons (Fsp3) is 0.824. The number of rotatable bonds is 9. The molecule has 2 heterocycles. The summed E-state index contributed by atoms with van der Waals surface area (Å²) in [5.41, 5.74) is 7.05. The fourth-order valence-electron chi connectivity index (χ4n) is 3.32. The second-order valence-corrected chi connectivity index (χ2v) is 7.05. The molecule has 3 atom stereocenters. The molecule has 1 aromatic heterocycles. The molecule has 1 unspecified atom stereocenters. The van der Waals surface area contributed by atoms with Gasteiger partial charge in [0.25, 0.3) is 0 Å². The summed E-state index contributed by atoms with van der Waals surface area (Å²) in [6.07, 6.45) is 6.88. The van der Waals surface area contributed by atoms with Crippen LogP contribution in [0.1, 0.15) is 70.2 Å². The van der Waals surface area contributed by atoms with E-state index < -0.39 is 5.97 Å². The highest BCUT2D eigenvalue weighted by Crippen LogP contribution is 2.28. The molecular weight excluding hydrogens is 306 g/mol. The first-order valence-electron chi connectivity index (χ1n) is 9.11. The van der Waals surface area contributed by atoms with Gasteiger partial charge in [-0.05, 0) is 50.6 Å². The van der Waals surface area contributed by atoms with Crippen molar-refractivity contribution in [2.75, 3.05) is 13.1 Å². The molecule has 0 bridgehead atoms. The first-order valence-corrected chi connectivity index (χ1v) is 9.11. The normalized spacial score (nSPS) is 19.8. The Morgan fingerprint density at radius 2 is 2.21 bits per heavy atom. The fourth-order valence-corrected chi connectivity index (χ4v) is 3.32. The maximum Gasteiger partial charge on any atom is 0.303 e. The number of nitrogens with zero attached hydrogens (tertiary/aromatic N) is 3. The third-order valence-corrected chi connectivity index (χ3v) is 5.26. The Morgan fingerprint density at radius 1 is 1.50 bits per heavy atom. The minimum atomic E-state index is -0.762. The Balaban J connectivity index is 2.07. The first kappa shape index (κ1) is 18.9. The van der Waals surface area contributed by atoms with E-state index in [9.17, 15) is 4.79 Å². The highest BCUT2D eigenvalue weighted by molar-refractivity contribution is 5.66. The number of nitrogens with one attached hydrogen (secondary N) is 1. The summed E-state index contributed by atoms with van der Waals surface area (Å²) in [5.74, 6) is 0.194. The van der Waals surface area contributed by atoms with Crippen LogP contribution in [0, 0.1) is 11.8 Å². The Morgan fingerprint density at radius 3 is 2.83 bits per heavy atom. The molecule has 7 nitrogen and oxygen atoms in total. The summed E-state index contributed by atoms with van der Waals surface area (Å²) in [4.78, 5) is 11.0. The van der Waals surface area contributed by atoms with Crippen molar-refractivity contribution in [2.45, 2.75) is 64.5 Å². The van der Waals surface area contributed by atoms with Crippen molar-refractivity contribution in [1.29, 1.82) is 0 Å². The van der Waals surface area contributed by atoms with Crippen LogP contribution in [0.4, 0.5) is 0 Å². The van der Waals surface area contributed by atoms with Crippen molar-refractivity contribution in [1.82, 2.24) is 20.3 Å². The van der Waals surface area contributed by atoms with E-state index in [2.05, 4.69) is 29.5 Å². The summed E-state index contributed by atoms with van der Waals surface area (Å²) in [6, 6.07) is -0.0441. The lowest BCUT2D eigenvalue weighted by atomic mass is 9.89. The van der Waals surface area contributed by atoms with Crippen molar-refractivity contribution in [3.63, 3.8) is 0 Å². The lowest BCUT2D eigenvalue weighted by Gasteiger charge is -2.27. The van der Waals surface area contributed by atoms with Gasteiger partial charge in [-0.25, -0.2) is 4.68 Å². The number of nitrogens with two attached hydrogens (primary N) is 1. The molecule has 2 rings (SSSR count). The summed E-state index contributed by atoms with van der Waals surface area (Å²) in [7, 11) is 0. The predicted molar refractivity (Wildman–Crippen MR) is 92.5 cm³/mol. The van der Waals surface area contributed by atoms with Gasteiger partial charge in [-0.2, -0.15) is 0 Å². The van der Waals surface area contributed by atoms with Gasteiger partial charge in [0.05, 0.1) is 24.0 Å². The molecule has 0 amide bonds. The van der Waals surface area contributed by atoms with Gasteiger partial charge in [0, 0.05) is 6.42 Å². The Kier molecular flexibility index (Phi) is 7.17. The van der Waals surface area contributed by atoms with E-state index in [0.29, 0.717) is 18.3 Å². The average Bonchev–Trinajstić information content (AvgIpc) is 3.07. The number of carboxylic acid groups (broad SMARTS) is 1. The maximum absolute atomic E-state index is 11.0. The van der Waals surface area contributed by atoms with Crippen LogP contribution in [0.5, 0.6) is 0 Å². The van der Waals surface area contributed by atoms with Gasteiger partial charge in [-0.1, -0.05) is 25.5 Å². The molecule has 1 aliphatic rings. The van der Waals surface area contributed by atoms with Crippen molar-refractivity contribution in [3.05, 3.63) is 11.9 Å². The highest BCUT2D eigenvalue weighted by atomic mass is 16.4. The maximum atomic E-state index is 11.0. The van der Waals surface area contributed by atoms with Crippen LogP contribution in [-0.2, 0) is 4.79 Å². The van der Waals surface area contributed by atoms with Gasteiger partial charge in [0.15, 0.2) is 0 Å². The molecule has 0 aliphatic carbocycles. The number of aromatic nitrogens is 3. The Bertz CT molecular complexity index is 513. The molecule has 0 saturated carbocycles. The molecule has 24 heavy (non-hydrogen) atoms. The summed E-state index contributed by atoms with van der Waals surface area (Å²) >= 11 is 0. The topological polar surface area (TPSA) is 106 Å². The van der Waals surface area contributed by atoms with Crippen LogP contribution in [0.2, 0.25) is 0 Å². The lowest BCUT2D eigenvalue weighted by Crippen LogP contribution is -2.29. The third kappa shape index (κ3) is 5.27. The van der Waals surface area contributed by atoms with Gasteiger partial charge >= 0.3 is 5.97 Å². The quantitative estimate of drug-likeness (QED) is 0.637. The van der Waals surface area contributed by atoms with E-state index >= 15 is 0 Å². The molecule has 136 valence electrons. The Labute approximate surface area is 144 Å². The van der Waals surface area contributed by atoms with E-state index in [1.807, 2.05) is 10.9 Å². The van der Waals surface area contributed by atoms with Crippen LogP contribution < -0.4 is 11.1 Å². The minimum absolute atomic E-state index is 0.0783. The second-order valence-electron chi connectivity index (χ2n) is 7.05. The molecule has 1 aromatic rings. The number of hydrogen-bond acceptors (Lipinski definition) is 5. The first-order chi connectivity index (χ1) is 11.5. The number of carbonyl (C=O) groups is 1. The van der Waals surface area contributed by atoms with E-state index in [-0.39, 0.29) is 18.5 Å². The largest absolute Gasteiger partial charge is 0.481 e. The van der Waals surface area contributed by atoms with Gasteiger partial charge < -0.3 is 16.2 Å². The SMILES string of the molecule is CC[C@H](C)[C@H](N)c1cn(C(CCC(=O)O)CC2CCNCC2)nn1. The zero-order valence-corrected chi connectivity index (χ0v) is 14.8. The van der Waals surface area contributed by atoms with Crippen molar-refractivity contribution < 1.29 is 9.90 Å². The summed E-state index contributed by atoms with van der Waals surface area (Å²) in [5, 5.41) is 20.9. The van der Waals surface area contributed by atoms with E-state index in [4.69, 9.17) is 10.8 Å². The minimum Gasteiger partial charge on any atom is -0.481 e. The lowest BCUT2D eigenvalue weighted by molar-refractivity contribution is -0.137. The molecule has 0 aromatic carbocycles. The van der Waals surface area contributed by atoms with Crippen molar-refractivity contribution in [2.24, 2.45) is 17.6 Å². The molecule has 1 saturated heterocycles. The van der Waals surface area contributed by atoms with Gasteiger partial charge in [-0.3, -0.25) is 4.79 Å². The summed E-state index contributed by atoms with van der Waals surface area (Å²) in [6.45, 7) is 6.30. The molecular formula is C17H31N5O2. The van der Waals surface area contributed by atoms with Crippen LogP contribution >= 0.6 is 0 Å². The van der Waals surface area contributed by atoms with Crippen molar-refractivity contribution in [3.8, 4) is 0 Å². The molecule has 0 spiro atoms. The van der Waals surface area contributed by atoms with Crippen LogP contribution in [-0.4, -0.2) is 39.2 Å². The van der Waals surface area contributed by atoms with E-state index in [1.165, 1.54) is 0 Å². The van der Waals surface area contributed by atoms with E-state index in [0.717, 1.165) is 44.5 Å². The molecule has 1 fully saturated rings. The summed E-state index contributed by atoms with van der Waals surface area (Å²) < 4.78 is 1.85. The zero-order chi connectivity index (χ0) is 17.5. The number of hydrogen-bond donors (Lipinski definition) is 3. The number of carboxylic acids is 1. The number of aliphatic carboxylic acids is 1. The Hall–Kier alpha value is -1.47. The molecule has 1 aliphatic heterocycles. The smallest absolute Gasteiger partial charge is 0.303 e. The number of piperidine rings is 1. The van der Waals surface area contributed by atoms with Crippen LogP contribution in [0.15, 0.2) is 6.20 Å². The van der Waals surface area contributed by atoms with Gasteiger partial charge in [0.1, 0.15) is 0 Å². The van der Waals surface area contributed by atoms with Crippen LogP contribution in [0.3, 0.4) is 0 Å². The molecule has 4 N–H and O–H groups in total. The third-order valence-electron chi connectivity index (χ3n) is 5.26. The van der Waals surface area contributed by atoms with E-state index in [1.54, 1.807) is 0 Å². The monoisotopic (exact) mass is 337 g/mol.